The van der Waals surface area contributed by atoms with Crippen molar-refractivity contribution < 1.29 is 48.2 Å². The molecule has 3 heterocycles. The van der Waals surface area contributed by atoms with Crippen LogP contribution in [0.5, 0.6) is 0 Å². The zero-order chi connectivity index (χ0) is 43.4. The van der Waals surface area contributed by atoms with Crippen LogP contribution < -0.4 is 0 Å². The van der Waals surface area contributed by atoms with Gasteiger partial charge in [-0.1, -0.05) is 92.6 Å². The second-order valence-corrected chi connectivity index (χ2v) is 16.3. The lowest BCUT2D eigenvalue weighted by Gasteiger charge is -2.31. The number of unbranched alkanes of at least 4 members (excludes halogenated alkanes) is 1. The highest BCUT2D eigenvalue weighted by Crippen LogP contribution is 2.47. The van der Waals surface area contributed by atoms with Crippen molar-refractivity contribution in [2.24, 2.45) is 23.7 Å². The number of piperidine rings is 2. The van der Waals surface area contributed by atoms with Gasteiger partial charge >= 0.3 is 19.3 Å². The van der Waals surface area contributed by atoms with Gasteiger partial charge in [-0.3, -0.25) is 9.59 Å². The Morgan fingerprint density at radius 2 is 1.22 bits per heavy atom. The molecule has 0 radical (unpaired) electrons. The highest BCUT2D eigenvalue weighted by Gasteiger charge is 2.48. The first-order valence-electron chi connectivity index (χ1n) is 21.5. The van der Waals surface area contributed by atoms with E-state index in [4.69, 9.17) is 29.0 Å². The summed E-state index contributed by atoms with van der Waals surface area (Å²) in [6.07, 6.45) is 9.45. The van der Waals surface area contributed by atoms with Crippen molar-refractivity contribution in [3.8, 4) is 0 Å². The maximum Gasteiger partial charge on any atom is 0.458 e. The highest BCUT2D eigenvalue weighted by atomic mass is 16.7. The molecule has 3 aliphatic heterocycles. The lowest BCUT2D eigenvalue weighted by atomic mass is 9.83. The summed E-state index contributed by atoms with van der Waals surface area (Å²) in [6, 6.07) is 19.5. The Hall–Kier alpha value is -4.44. The third kappa shape index (κ3) is 15.5. The van der Waals surface area contributed by atoms with Gasteiger partial charge in [-0.2, -0.15) is 0 Å². The van der Waals surface area contributed by atoms with Crippen molar-refractivity contribution in [1.82, 2.24) is 19.6 Å². The van der Waals surface area contributed by atoms with Gasteiger partial charge in [0, 0.05) is 61.0 Å². The molecule has 0 spiro atoms. The number of carbonyl (C=O) groups is 4. The van der Waals surface area contributed by atoms with E-state index in [0.717, 1.165) is 62.7 Å². The molecule has 2 N–H and O–H groups in total. The van der Waals surface area contributed by atoms with Crippen LogP contribution in [-0.4, -0.2) is 141 Å². The van der Waals surface area contributed by atoms with Crippen molar-refractivity contribution in [2.45, 2.75) is 83.6 Å². The number of ether oxygens (including phenoxy) is 2. The van der Waals surface area contributed by atoms with Crippen LogP contribution in [0.3, 0.4) is 0 Å². The molecule has 4 amide bonds. The maximum atomic E-state index is 12.1. The summed E-state index contributed by atoms with van der Waals surface area (Å²) in [7, 11) is 6.09. The minimum atomic E-state index is -0.841. The molecule has 4 aliphatic rings. The molecule has 14 nitrogen and oxygen atoms in total. The van der Waals surface area contributed by atoms with Gasteiger partial charge < -0.3 is 48.6 Å². The summed E-state index contributed by atoms with van der Waals surface area (Å²) < 4.78 is 21.9. The van der Waals surface area contributed by atoms with Crippen molar-refractivity contribution >= 4 is 31.1 Å². The molecule has 1 saturated carbocycles. The standard InChI is InChI=1S/C17H23NO3.C16H21NO3.C12H23BN2O4/c19-11-15-10-16(15)14-6-8-18(9-7-14)17(20)21-12-13-4-2-1-3-5-13;18-12-4-7-14-8-10-17(11-9-14)16(19)20-13-15-5-2-1-3-6-15;1-6-7-8-13-18-9(11(16)14(2)3)10(19-13)12(17)15(4)5/h1-5,14-16,19H,6-12H2;1-7,14,18H,8-13H2;9-10H,6-8H2,1-5H3/b;7-4+;/t15-,16-;;9-,10-/m1.1/s1. The van der Waals surface area contributed by atoms with Gasteiger partial charge in [-0.25, -0.2) is 9.59 Å². The first-order valence-corrected chi connectivity index (χ1v) is 21.5. The molecule has 0 aromatic heterocycles. The van der Waals surface area contributed by atoms with E-state index >= 15 is 0 Å². The number of amides is 4. The minimum Gasteiger partial charge on any atom is -0.445 e. The summed E-state index contributed by atoms with van der Waals surface area (Å²) in [4.78, 5) is 54.5. The number of hydrogen-bond donors (Lipinski definition) is 2. The summed E-state index contributed by atoms with van der Waals surface area (Å²) in [6.45, 7) is 6.14. The molecule has 330 valence electrons. The zero-order valence-corrected chi connectivity index (χ0v) is 36.2. The molecule has 4 fully saturated rings. The lowest BCUT2D eigenvalue weighted by Crippen LogP contribution is -2.47. The zero-order valence-electron chi connectivity index (χ0n) is 36.2. The Kier molecular flexibility index (Phi) is 20.4. The Balaban J connectivity index is 0.000000199. The van der Waals surface area contributed by atoms with Crippen molar-refractivity contribution in [3.63, 3.8) is 0 Å². The number of likely N-dealkylation sites (tertiary alicyclic amines) is 2. The summed E-state index contributed by atoms with van der Waals surface area (Å²) in [5.74, 6) is 1.88. The van der Waals surface area contributed by atoms with Gasteiger partial charge in [0.1, 0.15) is 13.2 Å². The van der Waals surface area contributed by atoms with E-state index in [-0.39, 0.29) is 30.6 Å². The van der Waals surface area contributed by atoms with Crippen LogP contribution in [0.4, 0.5) is 9.59 Å². The van der Waals surface area contributed by atoms with E-state index < -0.39 is 19.3 Å². The molecule has 4 atom stereocenters. The fourth-order valence-corrected chi connectivity index (χ4v) is 7.61. The second-order valence-electron chi connectivity index (χ2n) is 16.3. The van der Waals surface area contributed by atoms with Crippen LogP contribution in [-0.2, 0) is 41.6 Å². The van der Waals surface area contributed by atoms with Crippen molar-refractivity contribution in [2.75, 3.05) is 67.6 Å². The molecule has 0 unspecified atom stereocenters. The third-order valence-electron chi connectivity index (χ3n) is 11.4. The number of nitrogens with zero attached hydrogens (tertiary/aromatic N) is 4. The Morgan fingerprint density at radius 1 is 0.750 bits per heavy atom. The summed E-state index contributed by atoms with van der Waals surface area (Å²) in [5, 5.41) is 17.9. The van der Waals surface area contributed by atoms with Gasteiger partial charge in [0.15, 0.2) is 12.2 Å². The Morgan fingerprint density at radius 3 is 1.62 bits per heavy atom. The van der Waals surface area contributed by atoms with Crippen LogP contribution >= 0.6 is 0 Å². The average Bonchev–Trinajstić information content (AvgIpc) is 3.96. The van der Waals surface area contributed by atoms with Gasteiger partial charge in [-0.05, 0) is 73.2 Å². The van der Waals surface area contributed by atoms with E-state index in [1.807, 2.05) is 71.6 Å². The maximum absolute atomic E-state index is 12.1. The van der Waals surface area contributed by atoms with Crippen LogP contribution in [0, 0.1) is 23.7 Å². The minimum absolute atomic E-state index is 0.0827. The molecule has 1 aliphatic carbocycles. The Labute approximate surface area is 356 Å². The van der Waals surface area contributed by atoms with Gasteiger partial charge in [-0.15, -0.1) is 0 Å². The van der Waals surface area contributed by atoms with Gasteiger partial charge in [0.25, 0.3) is 11.8 Å². The number of hydrogen-bond acceptors (Lipinski definition) is 10. The first-order chi connectivity index (χ1) is 28.9. The van der Waals surface area contributed by atoms with Crippen LogP contribution in [0.1, 0.15) is 63.0 Å². The number of benzene rings is 2. The molecule has 60 heavy (non-hydrogen) atoms. The van der Waals surface area contributed by atoms with Crippen molar-refractivity contribution in [3.05, 3.63) is 83.9 Å². The molecular weight excluding hydrogens is 767 g/mol. The van der Waals surface area contributed by atoms with Crippen molar-refractivity contribution in [1.29, 1.82) is 0 Å². The average molecular weight is 835 g/mol. The van der Waals surface area contributed by atoms with Crippen LogP contribution in [0.2, 0.25) is 6.32 Å². The second kappa shape index (κ2) is 25.4. The molecular formula is C45H67BN4O10. The lowest BCUT2D eigenvalue weighted by molar-refractivity contribution is -0.146. The monoisotopic (exact) mass is 834 g/mol. The van der Waals surface area contributed by atoms with Crippen LogP contribution in [0.15, 0.2) is 72.8 Å². The quantitative estimate of drug-likeness (QED) is 0.196. The van der Waals surface area contributed by atoms with E-state index in [1.54, 1.807) is 39.2 Å². The molecule has 2 aromatic carbocycles. The van der Waals surface area contributed by atoms with E-state index in [0.29, 0.717) is 62.9 Å². The normalized spacial score (nSPS) is 21.6. The number of aliphatic hydroxyl groups is 2. The van der Waals surface area contributed by atoms with E-state index in [1.165, 1.54) is 16.2 Å². The number of aliphatic hydroxyl groups excluding tert-OH is 2. The first kappa shape index (κ1) is 48.2. The molecule has 15 heteroatoms. The third-order valence-corrected chi connectivity index (χ3v) is 11.4. The number of rotatable bonds is 13. The predicted octanol–water partition coefficient (Wildman–Crippen LogP) is 5.48. The predicted molar refractivity (Wildman–Crippen MR) is 229 cm³/mol. The molecule has 2 aromatic rings. The number of carbonyl (C=O) groups excluding carboxylic acids is 4. The molecule has 0 bridgehead atoms. The van der Waals surface area contributed by atoms with Gasteiger partial charge in [0.2, 0.25) is 0 Å². The van der Waals surface area contributed by atoms with Crippen LogP contribution in [0.25, 0.3) is 0 Å². The van der Waals surface area contributed by atoms with E-state index in [9.17, 15) is 19.2 Å². The smallest absolute Gasteiger partial charge is 0.445 e. The van der Waals surface area contributed by atoms with Gasteiger partial charge in [0.05, 0.1) is 6.61 Å². The molecule has 3 saturated heterocycles. The Bertz CT molecular complexity index is 1590. The number of allylic oxidation sites excluding steroid dienone is 1. The summed E-state index contributed by atoms with van der Waals surface area (Å²) in [5.41, 5.74) is 2.02. The number of likely N-dealkylation sites (N-methyl/N-ethyl adjacent to an activating group) is 2. The largest absolute Gasteiger partial charge is 0.458 e. The fraction of sp³-hybridized carbons (Fsp3) is 0.600. The fourth-order valence-electron chi connectivity index (χ4n) is 7.61. The topological polar surface area (TPSA) is 159 Å². The summed E-state index contributed by atoms with van der Waals surface area (Å²) >= 11 is 0. The molecule has 6 rings (SSSR count). The van der Waals surface area contributed by atoms with E-state index in [2.05, 4.69) is 6.92 Å². The SMILES string of the molecule is CCCCB1O[C@@H](C(=O)N(C)C)[C@H](C(=O)N(C)C)O1.O=C(OCc1ccccc1)N1CCC(/C=C/CO)CC1.O=C(OCc1ccccc1)N1CCC([C@H]2C[C@@H]2CO)CC1. The highest BCUT2D eigenvalue weighted by molar-refractivity contribution is 6.46.